The van der Waals surface area contributed by atoms with Gasteiger partial charge in [0.05, 0.1) is 4.90 Å². The fourth-order valence-corrected chi connectivity index (χ4v) is 5.13. The van der Waals surface area contributed by atoms with Gasteiger partial charge in [-0.1, -0.05) is 35.9 Å². The van der Waals surface area contributed by atoms with Crippen molar-refractivity contribution in [1.29, 1.82) is 0 Å². The maximum absolute atomic E-state index is 12.8. The zero-order valence-electron chi connectivity index (χ0n) is 17.5. The molecule has 0 amide bonds. The summed E-state index contributed by atoms with van der Waals surface area (Å²) < 4.78 is 28.4. The van der Waals surface area contributed by atoms with Gasteiger partial charge in [-0.3, -0.25) is 9.69 Å². The molecule has 32 heavy (non-hydrogen) atoms. The third kappa shape index (κ3) is 7.06. The molecule has 0 bridgehead atoms. The summed E-state index contributed by atoms with van der Waals surface area (Å²) in [6.45, 7) is 1.13. The smallest absolute Gasteiger partial charge is 0.303 e. The predicted octanol–water partition coefficient (Wildman–Crippen LogP) is 3.78. The summed E-state index contributed by atoms with van der Waals surface area (Å²) in [6, 6.07) is 12.7. The monoisotopic (exact) mass is 478 g/mol. The first-order chi connectivity index (χ1) is 15.2. The van der Waals surface area contributed by atoms with Crippen LogP contribution in [-0.2, 0) is 21.4 Å². The van der Waals surface area contributed by atoms with Crippen LogP contribution in [0.25, 0.3) is 0 Å². The fourth-order valence-electron chi connectivity index (χ4n) is 3.76. The Hall–Kier alpha value is -2.39. The van der Waals surface area contributed by atoms with Crippen molar-refractivity contribution >= 4 is 27.6 Å². The second-order valence-electron chi connectivity index (χ2n) is 7.89. The summed E-state index contributed by atoms with van der Waals surface area (Å²) in [5, 5.41) is 18.8. The van der Waals surface area contributed by atoms with E-state index in [-0.39, 0.29) is 29.1 Å². The summed E-state index contributed by atoms with van der Waals surface area (Å²) in [7, 11) is -3.68. The molecule has 3 rings (SSSR count). The number of phenolic OH excluding ortho intramolecular Hbond substituents is 1. The molecule has 1 aliphatic rings. The Morgan fingerprint density at radius 1 is 1.16 bits per heavy atom. The van der Waals surface area contributed by atoms with Crippen LogP contribution in [0.15, 0.2) is 65.6 Å². The standard InChI is InChI=1S/C23H27ClN2O5S/c24-18-8-12-22(13-9-18)32(30,31)25-19-14-20(4-2-1-3-5-23(28)29)26(16-19)15-17-6-10-21(27)11-7-17/h2,4,6-13,19-20,25,27H,1,3,5,14-16H2,(H,28,29)/t19-,20-/m1/s1. The van der Waals surface area contributed by atoms with Gasteiger partial charge in [0.1, 0.15) is 5.75 Å². The second-order valence-corrected chi connectivity index (χ2v) is 10.0. The molecule has 1 heterocycles. The van der Waals surface area contributed by atoms with Gasteiger partial charge in [0.15, 0.2) is 0 Å². The van der Waals surface area contributed by atoms with Gasteiger partial charge in [-0.25, -0.2) is 13.1 Å². The van der Waals surface area contributed by atoms with Gasteiger partial charge in [-0.15, -0.1) is 0 Å². The third-order valence-corrected chi connectivity index (χ3v) is 7.13. The first-order valence-corrected chi connectivity index (χ1v) is 12.3. The number of aliphatic carboxylic acids is 1. The van der Waals surface area contributed by atoms with Gasteiger partial charge in [0.25, 0.3) is 0 Å². The normalized spacial score (nSPS) is 19.5. The number of halogens is 1. The molecular weight excluding hydrogens is 452 g/mol. The van der Waals surface area contributed by atoms with Gasteiger partial charge in [-0.2, -0.15) is 0 Å². The Kier molecular flexibility index (Phi) is 8.31. The molecule has 0 aliphatic carbocycles. The molecule has 0 radical (unpaired) electrons. The average Bonchev–Trinajstić information content (AvgIpc) is 3.09. The highest BCUT2D eigenvalue weighted by Gasteiger charge is 2.33. The number of rotatable bonds is 10. The van der Waals surface area contributed by atoms with E-state index in [2.05, 4.69) is 9.62 Å². The van der Waals surface area contributed by atoms with Crippen molar-refractivity contribution in [2.45, 2.75) is 49.2 Å². The number of unbranched alkanes of at least 4 members (excludes halogenated alkanes) is 1. The van der Waals surface area contributed by atoms with Crippen molar-refractivity contribution in [2.24, 2.45) is 0 Å². The molecule has 0 spiro atoms. The summed E-state index contributed by atoms with van der Waals surface area (Å²) >= 11 is 5.87. The van der Waals surface area contributed by atoms with Gasteiger partial charge in [-0.05, 0) is 61.2 Å². The first kappa shape index (κ1) is 24.3. The van der Waals surface area contributed by atoms with Crippen molar-refractivity contribution in [3.05, 3.63) is 71.3 Å². The van der Waals surface area contributed by atoms with Gasteiger partial charge < -0.3 is 10.2 Å². The molecule has 2 atom stereocenters. The van der Waals surface area contributed by atoms with Crippen LogP contribution >= 0.6 is 11.6 Å². The number of phenols is 1. The summed E-state index contributed by atoms with van der Waals surface area (Å²) in [6.07, 6.45) is 5.92. The Labute approximate surface area is 193 Å². The number of nitrogens with zero attached hydrogens (tertiary/aromatic N) is 1. The number of carboxylic acid groups (broad SMARTS) is 1. The Morgan fingerprint density at radius 3 is 2.50 bits per heavy atom. The van der Waals surface area contributed by atoms with E-state index in [0.29, 0.717) is 37.4 Å². The number of sulfonamides is 1. The maximum Gasteiger partial charge on any atom is 0.303 e. The van der Waals surface area contributed by atoms with Crippen LogP contribution in [0.3, 0.4) is 0 Å². The molecule has 1 saturated heterocycles. The van der Waals surface area contributed by atoms with Crippen molar-refractivity contribution in [1.82, 2.24) is 9.62 Å². The second kappa shape index (κ2) is 11.0. The summed E-state index contributed by atoms with van der Waals surface area (Å²) in [5.41, 5.74) is 1.01. The number of nitrogens with one attached hydrogen (secondary N) is 1. The van der Waals surface area contributed by atoms with E-state index in [1.165, 1.54) is 12.1 Å². The lowest BCUT2D eigenvalue weighted by Crippen LogP contribution is -2.37. The van der Waals surface area contributed by atoms with E-state index in [4.69, 9.17) is 16.7 Å². The Balaban J connectivity index is 1.69. The molecule has 0 saturated carbocycles. The van der Waals surface area contributed by atoms with Crippen molar-refractivity contribution in [2.75, 3.05) is 6.54 Å². The minimum absolute atomic E-state index is 0.00606. The van der Waals surface area contributed by atoms with Crippen LogP contribution in [0.4, 0.5) is 0 Å². The van der Waals surface area contributed by atoms with Crippen LogP contribution in [-0.4, -0.2) is 48.1 Å². The van der Waals surface area contributed by atoms with E-state index in [1.54, 1.807) is 24.3 Å². The minimum atomic E-state index is -3.68. The van der Waals surface area contributed by atoms with Crippen molar-refractivity contribution in [3.8, 4) is 5.75 Å². The van der Waals surface area contributed by atoms with Crippen LogP contribution in [0.5, 0.6) is 5.75 Å². The van der Waals surface area contributed by atoms with Crippen LogP contribution in [0.2, 0.25) is 5.02 Å². The van der Waals surface area contributed by atoms with Gasteiger partial charge >= 0.3 is 5.97 Å². The molecule has 9 heteroatoms. The highest BCUT2D eigenvalue weighted by molar-refractivity contribution is 7.89. The number of hydrogen-bond donors (Lipinski definition) is 3. The molecule has 7 nitrogen and oxygen atoms in total. The molecule has 1 fully saturated rings. The summed E-state index contributed by atoms with van der Waals surface area (Å²) in [4.78, 5) is 13.0. The molecule has 2 aromatic carbocycles. The quantitative estimate of drug-likeness (QED) is 0.354. The van der Waals surface area contributed by atoms with Crippen LogP contribution in [0.1, 0.15) is 31.2 Å². The number of hydrogen-bond acceptors (Lipinski definition) is 5. The topological polar surface area (TPSA) is 107 Å². The number of carbonyl (C=O) groups is 1. The van der Waals surface area contributed by atoms with Crippen molar-refractivity contribution < 1.29 is 23.4 Å². The average molecular weight is 479 g/mol. The van der Waals surface area contributed by atoms with Crippen LogP contribution < -0.4 is 4.72 Å². The largest absolute Gasteiger partial charge is 0.508 e. The zero-order chi connectivity index (χ0) is 23.1. The van der Waals surface area contributed by atoms with E-state index in [9.17, 15) is 18.3 Å². The van der Waals surface area contributed by atoms with Gasteiger partial charge in [0.2, 0.25) is 10.0 Å². The third-order valence-electron chi connectivity index (χ3n) is 5.34. The molecular formula is C23H27ClN2O5S. The molecule has 2 aromatic rings. The number of likely N-dealkylation sites (tertiary alicyclic amines) is 1. The zero-order valence-corrected chi connectivity index (χ0v) is 19.1. The predicted molar refractivity (Wildman–Crippen MR) is 123 cm³/mol. The van der Waals surface area contributed by atoms with E-state index >= 15 is 0 Å². The Morgan fingerprint density at radius 2 is 1.84 bits per heavy atom. The first-order valence-electron chi connectivity index (χ1n) is 10.4. The molecule has 0 aromatic heterocycles. The Bertz CT molecular complexity index is 1040. The van der Waals surface area contributed by atoms with Crippen LogP contribution in [0, 0.1) is 0 Å². The molecule has 0 unspecified atom stereocenters. The lowest BCUT2D eigenvalue weighted by Gasteiger charge is -2.22. The lowest BCUT2D eigenvalue weighted by atomic mass is 10.1. The van der Waals surface area contributed by atoms with E-state index < -0.39 is 16.0 Å². The molecule has 172 valence electrons. The lowest BCUT2D eigenvalue weighted by molar-refractivity contribution is -0.137. The molecule has 1 aliphatic heterocycles. The summed E-state index contributed by atoms with van der Waals surface area (Å²) in [5.74, 6) is -0.622. The number of carboxylic acids is 1. The van der Waals surface area contributed by atoms with E-state index in [0.717, 1.165) is 5.56 Å². The number of aromatic hydroxyl groups is 1. The SMILES string of the molecule is O=C(O)CCCC=C[C@@H]1C[C@@H](NS(=O)(=O)c2ccc(Cl)cc2)CN1Cc1ccc(O)cc1. The number of allylic oxidation sites excluding steroid dienone is 1. The highest BCUT2D eigenvalue weighted by Crippen LogP contribution is 2.25. The van der Waals surface area contributed by atoms with Gasteiger partial charge in [0, 0.05) is 36.6 Å². The fraction of sp³-hybridized carbons (Fsp3) is 0.348. The molecule has 3 N–H and O–H groups in total. The maximum atomic E-state index is 12.8. The minimum Gasteiger partial charge on any atom is -0.508 e. The van der Waals surface area contributed by atoms with Crippen molar-refractivity contribution in [3.63, 3.8) is 0 Å². The number of benzene rings is 2. The van der Waals surface area contributed by atoms with E-state index in [1.807, 2.05) is 24.3 Å². The highest BCUT2D eigenvalue weighted by atomic mass is 35.5.